The maximum absolute atomic E-state index is 13.2. The molecule has 2 heterocycles. The monoisotopic (exact) mass is 410 g/mol. The number of rotatable bonds is 6. The molecule has 0 fully saturated rings. The number of nitrogens with zero attached hydrogens (tertiary/aromatic N) is 4. The van der Waals surface area contributed by atoms with Gasteiger partial charge in [0.2, 0.25) is 5.91 Å². The average molecular weight is 410 g/mol. The molecule has 0 aliphatic rings. The average Bonchev–Trinajstić information content (AvgIpc) is 2.99. The topological polar surface area (TPSA) is 60.2 Å². The van der Waals surface area contributed by atoms with Crippen molar-refractivity contribution in [2.75, 3.05) is 14.2 Å². The van der Waals surface area contributed by atoms with Gasteiger partial charge in [-0.3, -0.25) is 9.78 Å². The molecular formula is C23H27FN4O2. The smallest absolute Gasteiger partial charge is 0.227 e. The van der Waals surface area contributed by atoms with Crippen LogP contribution in [0.3, 0.4) is 0 Å². The van der Waals surface area contributed by atoms with Gasteiger partial charge in [0.25, 0.3) is 0 Å². The van der Waals surface area contributed by atoms with Crippen LogP contribution in [-0.4, -0.2) is 39.7 Å². The first-order chi connectivity index (χ1) is 14.2. The Bertz CT molecular complexity index is 1070. The third-order valence-corrected chi connectivity index (χ3v) is 5.40. The summed E-state index contributed by atoms with van der Waals surface area (Å²) in [5.74, 6) is 0.475. The molecule has 0 spiro atoms. The Labute approximate surface area is 176 Å². The van der Waals surface area contributed by atoms with Gasteiger partial charge in [-0.2, -0.15) is 5.10 Å². The zero-order valence-corrected chi connectivity index (χ0v) is 18.3. The number of ether oxygens (including phenoxy) is 1. The molecule has 0 radical (unpaired) electrons. The van der Waals surface area contributed by atoms with Crippen molar-refractivity contribution in [1.29, 1.82) is 0 Å². The molecule has 7 heteroatoms. The maximum atomic E-state index is 13.2. The summed E-state index contributed by atoms with van der Waals surface area (Å²) < 4.78 is 20.4. The highest BCUT2D eigenvalue weighted by Gasteiger charge is 2.20. The number of carbonyl (C=O) groups excluding carboxylic acids is 1. The third kappa shape index (κ3) is 4.20. The van der Waals surface area contributed by atoms with Gasteiger partial charge in [0.05, 0.1) is 37.2 Å². The lowest BCUT2D eigenvalue weighted by atomic mass is 10.1. The zero-order chi connectivity index (χ0) is 22.0. The molecule has 6 nitrogen and oxygen atoms in total. The summed E-state index contributed by atoms with van der Waals surface area (Å²) in [5.41, 5.74) is 6.00. The van der Waals surface area contributed by atoms with Crippen LogP contribution < -0.4 is 4.74 Å². The van der Waals surface area contributed by atoms with E-state index in [4.69, 9.17) is 4.74 Å². The molecule has 0 atom stereocenters. The van der Waals surface area contributed by atoms with Crippen molar-refractivity contribution in [3.05, 3.63) is 70.1 Å². The number of halogens is 1. The molecular weight excluding hydrogens is 383 g/mol. The zero-order valence-electron chi connectivity index (χ0n) is 18.3. The molecule has 0 N–H and O–H groups in total. The lowest BCUT2D eigenvalue weighted by Gasteiger charge is -2.19. The first-order valence-corrected chi connectivity index (χ1v) is 9.77. The SMILES string of the molecule is COc1c(C)cnc(CN(C)C(=O)Cc2c(C)nn(-c3ccc(F)cc3)c2C)c1C. The van der Waals surface area contributed by atoms with E-state index in [1.165, 1.54) is 12.1 Å². The van der Waals surface area contributed by atoms with Crippen LogP contribution in [-0.2, 0) is 17.8 Å². The number of aromatic nitrogens is 3. The third-order valence-electron chi connectivity index (χ3n) is 5.40. The van der Waals surface area contributed by atoms with Crippen LogP contribution in [0, 0.1) is 33.5 Å². The Morgan fingerprint density at radius 1 is 1.17 bits per heavy atom. The summed E-state index contributed by atoms with van der Waals surface area (Å²) in [7, 11) is 3.41. The largest absolute Gasteiger partial charge is 0.496 e. The molecule has 158 valence electrons. The molecule has 30 heavy (non-hydrogen) atoms. The Morgan fingerprint density at radius 2 is 1.83 bits per heavy atom. The molecule has 1 amide bonds. The van der Waals surface area contributed by atoms with Crippen molar-refractivity contribution in [3.8, 4) is 11.4 Å². The number of methoxy groups -OCH3 is 1. The van der Waals surface area contributed by atoms with Crippen LogP contribution in [0.1, 0.15) is 33.8 Å². The number of likely N-dealkylation sites (N-methyl/N-ethyl adjacent to an activating group) is 1. The molecule has 3 rings (SSSR count). The van der Waals surface area contributed by atoms with Gasteiger partial charge in [-0.1, -0.05) is 0 Å². The summed E-state index contributed by atoms with van der Waals surface area (Å²) in [6.45, 7) is 8.09. The van der Waals surface area contributed by atoms with Crippen LogP contribution in [0.2, 0.25) is 0 Å². The van der Waals surface area contributed by atoms with E-state index in [0.29, 0.717) is 6.54 Å². The number of benzene rings is 1. The Balaban J connectivity index is 1.78. The van der Waals surface area contributed by atoms with Crippen molar-refractivity contribution in [1.82, 2.24) is 19.7 Å². The fourth-order valence-electron chi connectivity index (χ4n) is 3.59. The highest BCUT2D eigenvalue weighted by atomic mass is 19.1. The van der Waals surface area contributed by atoms with Gasteiger partial charge in [-0.25, -0.2) is 9.07 Å². The number of amides is 1. The van der Waals surface area contributed by atoms with Crippen LogP contribution in [0.4, 0.5) is 4.39 Å². The van der Waals surface area contributed by atoms with Crippen molar-refractivity contribution >= 4 is 5.91 Å². The highest BCUT2D eigenvalue weighted by molar-refractivity contribution is 5.79. The number of hydrogen-bond acceptors (Lipinski definition) is 4. The number of hydrogen-bond donors (Lipinski definition) is 0. The van der Waals surface area contributed by atoms with Gasteiger partial charge in [-0.15, -0.1) is 0 Å². The summed E-state index contributed by atoms with van der Waals surface area (Å²) >= 11 is 0. The van der Waals surface area contributed by atoms with E-state index in [9.17, 15) is 9.18 Å². The molecule has 0 unspecified atom stereocenters. The Kier molecular flexibility index (Phi) is 6.20. The minimum Gasteiger partial charge on any atom is -0.496 e. The summed E-state index contributed by atoms with van der Waals surface area (Å²) in [6, 6.07) is 6.14. The fourth-order valence-corrected chi connectivity index (χ4v) is 3.59. The van der Waals surface area contributed by atoms with Crippen molar-refractivity contribution in [2.45, 2.75) is 40.7 Å². The molecule has 1 aromatic carbocycles. The number of pyridine rings is 1. The van der Waals surface area contributed by atoms with E-state index in [-0.39, 0.29) is 18.1 Å². The van der Waals surface area contributed by atoms with Crippen LogP contribution >= 0.6 is 0 Å². The van der Waals surface area contributed by atoms with E-state index >= 15 is 0 Å². The molecule has 2 aromatic heterocycles. The molecule has 0 aliphatic heterocycles. The first-order valence-electron chi connectivity index (χ1n) is 9.77. The van der Waals surface area contributed by atoms with Crippen molar-refractivity contribution < 1.29 is 13.9 Å². The highest BCUT2D eigenvalue weighted by Crippen LogP contribution is 2.25. The fraction of sp³-hybridized carbons (Fsp3) is 0.348. The normalized spacial score (nSPS) is 10.9. The van der Waals surface area contributed by atoms with E-state index in [1.54, 1.807) is 42.1 Å². The van der Waals surface area contributed by atoms with E-state index in [1.807, 2.05) is 27.7 Å². The molecule has 0 saturated heterocycles. The molecule has 0 bridgehead atoms. The quantitative estimate of drug-likeness (QED) is 0.619. The van der Waals surface area contributed by atoms with Gasteiger partial charge in [-0.05, 0) is 52.0 Å². The van der Waals surface area contributed by atoms with Crippen molar-refractivity contribution in [2.24, 2.45) is 0 Å². The first kappa shape index (κ1) is 21.5. The van der Waals surface area contributed by atoms with Gasteiger partial charge in [0.15, 0.2) is 0 Å². The summed E-state index contributed by atoms with van der Waals surface area (Å²) in [6.07, 6.45) is 2.00. The van der Waals surface area contributed by atoms with Crippen LogP contribution in [0.15, 0.2) is 30.5 Å². The van der Waals surface area contributed by atoms with E-state index in [2.05, 4.69) is 10.1 Å². The summed E-state index contributed by atoms with van der Waals surface area (Å²) in [4.78, 5) is 19.1. The van der Waals surface area contributed by atoms with Gasteiger partial charge in [0, 0.05) is 35.6 Å². The standard InChI is InChI=1S/C23H27FN4O2/c1-14-12-25-21(15(2)23(14)30-6)13-27(5)22(29)11-20-16(3)26-28(17(20)4)19-9-7-18(24)8-10-19/h7-10,12H,11,13H2,1-6H3. The predicted molar refractivity (Wildman–Crippen MR) is 113 cm³/mol. The lowest BCUT2D eigenvalue weighted by molar-refractivity contribution is -0.129. The molecule has 3 aromatic rings. The second kappa shape index (κ2) is 8.65. The van der Waals surface area contributed by atoms with Crippen molar-refractivity contribution in [3.63, 3.8) is 0 Å². The van der Waals surface area contributed by atoms with Gasteiger partial charge in [0.1, 0.15) is 11.6 Å². The van der Waals surface area contributed by atoms with Gasteiger partial charge >= 0.3 is 0 Å². The number of aryl methyl sites for hydroxylation is 2. The van der Waals surface area contributed by atoms with Crippen LogP contribution in [0.5, 0.6) is 5.75 Å². The maximum Gasteiger partial charge on any atom is 0.227 e. The molecule has 0 aliphatic carbocycles. The molecule has 0 saturated carbocycles. The lowest BCUT2D eigenvalue weighted by Crippen LogP contribution is -2.29. The minimum absolute atomic E-state index is 0.0272. The van der Waals surface area contributed by atoms with Gasteiger partial charge < -0.3 is 9.64 Å². The summed E-state index contributed by atoms with van der Waals surface area (Å²) in [5, 5.41) is 4.55. The minimum atomic E-state index is -0.297. The Hall–Kier alpha value is -3.22. The number of carbonyl (C=O) groups is 1. The Morgan fingerprint density at radius 3 is 2.47 bits per heavy atom. The van der Waals surface area contributed by atoms with E-state index < -0.39 is 0 Å². The van der Waals surface area contributed by atoms with Crippen LogP contribution in [0.25, 0.3) is 5.69 Å². The second-order valence-electron chi connectivity index (χ2n) is 7.51. The predicted octanol–water partition coefficient (Wildman–Crippen LogP) is 3.85. The second-order valence-corrected chi connectivity index (χ2v) is 7.51. The van der Waals surface area contributed by atoms with E-state index in [0.717, 1.165) is 45.2 Å².